The molecule has 0 aliphatic carbocycles. The van der Waals surface area contributed by atoms with Crippen molar-refractivity contribution < 1.29 is 14.3 Å². The van der Waals surface area contributed by atoms with Gasteiger partial charge in [-0.25, -0.2) is 4.79 Å². The molecule has 0 radical (unpaired) electrons. The van der Waals surface area contributed by atoms with E-state index in [-0.39, 0.29) is 6.03 Å². The number of nitriles is 1. The summed E-state index contributed by atoms with van der Waals surface area (Å²) < 4.78 is 12.8. The minimum absolute atomic E-state index is 0.298. The molecule has 8 nitrogen and oxygen atoms in total. The SMILES string of the molecule is COc1ccc2c(c1)OC(C)(C)CN(C(=O)Nc1cc(C#N)n(C)n1)C2. The maximum atomic E-state index is 12.8. The number of rotatable bonds is 2. The number of ether oxygens (including phenoxy) is 2. The van der Waals surface area contributed by atoms with E-state index >= 15 is 0 Å². The number of nitrogens with zero attached hydrogens (tertiary/aromatic N) is 4. The van der Waals surface area contributed by atoms with Crippen molar-refractivity contribution >= 4 is 11.8 Å². The molecular weight excluding hydrogens is 334 g/mol. The molecule has 0 atom stereocenters. The van der Waals surface area contributed by atoms with E-state index in [1.807, 2.05) is 38.1 Å². The Bertz CT molecular complexity index is 881. The van der Waals surface area contributed by atoms with Crippen LogP contribution in [-0.2, 0) is 13.6 Å². The molecule has 0 saturated carbocycles. The van der Waals surface area contributed by atoms with Crippen molar-refractivity contribution in [2.45, 2.75) is 26.0 Å². The van der Waals surface area contributed by atoms with Gasteiger partial charge in [-0.1, -0.05) is 0 Å². The Kier molecular flexibility index (Phi) is 4.47. The van der Waals surface area contributed by atoms with E-state index in [2.05, 4.69) is 10.4 Å². The average molecular weight is 355 g/mol. The molecule has 26 heavy (non-hydrogen) atoms. The van der Waals surface area contributed by atoms with Gasteiger partial charge in [-0.15, -0.1) is 0 Å². The van der Waals surface area contributed by atoms with Crippen LogP contribution in [0.2, 0.25) is 0 Å². The summed E-state index contributed by atoms with van der Waals surface area (Å²) in [6.45, 7) is 4.65. The van der Waals surface area contributed by atoms with Gasteiger partial charge in [-0.05, 0) is 26.0 Å². The summed E-state index contributed by atoms with van der Waals surface area (Å²) >= 11 is 0. The van der Waals surface area contributed by atoms with E-state index < -0.39 is 5.60 Å². The Balaban J connectivity index is 1.84. The number of aryl methyl sites for hydroxylation is 1. The number of hydrogen-bond acceptors (Lipinski definition) is 5. The van der Waals surface area contributed by atoms with Gasteiger partial charge in [-0.2, -0.15) is 10.4 Å². The van der Waals surface area contributed by atoms with Gasteiger partial charge >= 0.3 is 6.03 Å². The lowest BCUT2D eigenvalue weighted by molar-refractivity contribution is 0.0833. The standard InChI is InChI=1S/C18H21N5O3/c1-18(2)11-23(10-12-5-6-14(25-4)8-15(12)26-18)17(24)20-16-7-13(9-19)22(3)21-16/h5-8H,10-11H2,1-4H3,(H,20,21,24). The normalized spacial score (nSPS) is 15.3. The summed E-state index contributed by atoms with van der Waals surface area (Å²) in [6, 6.07) is 8.82. The Hall–Kier alpha value is -3.21. The van der Waals surface area contributed by atoms with Crippen molar-refractivity contribution in [3.8, 4) is 17.6 Å². The lowest BCUT2D eigenvalue weighted by Crippen LogP contribution is -2.44. The second-order valence-electron chi connectivity index (χ2n) is 6.77. The molecule has 1 N–H and O–H groups in total. The van der Waals surface area contributed by atoms with Gasteiger partial charge in [0.25, 0.3) is 0 Å². The Morgan fingerprint density at radius 1 is 1.42 bits per heavy atom. The molecule has 1 aliphatic rings. The minimum Gasteiger partial charge on any atom is -0.497 e. The molecule has 1 aromatic heterocycles. The van der Waals surface area contributed by atoms with E-state index in [1.165, 1.54) is 10.7 Å². The van der Waals surface area contributed by atoms with Crippen molar-refractivity contribution in [2.24, 2.45) is 7.05 Å². The largest absolute Gasteiger partial charge is 0.497 e. The number of benzene rings is 1. The number of fused-ring (bicyclic) bond motifs is 1. The van der Waals surface area contributed by atoms with Crippen LogP contribution in [0.3, 0.4) is 0 Å². The van der Waals surface area contributed by atoms with E-state index in [0.29, 0.717) is 36.1 Å². The topological polar surface area (TPSA) is 92.4 Å². The number of carbonyl (C=O) groups excluding carboxylic acids is 1. The van der Waals surface area contributed by atoms with Crippen molar-refractivity contribution in [2.75, 3.05) is 19.0 Å². The molecule has 0 unspecified atom stereocenters. The molecule has 2 amide bonds. The highest BCUT2D eigenvalue weighted by atomic mass is 16.5. The van der Waals surface area contributed by atoms with Crippen LogP contribution in [0.4, 0.5) is 10.6 Å². The highest BCUT2D eigenvalue weighted by Gasteiger charge is 2.32. The van der Waals surface area contributed by atoms with Crippen LogP contribution < -0.4 is 14.8 Å². The zero-order chi connectivity index (χ0) is 18.9. The van der Waals surface area contributed by atoms with Crippen LogP contribution in [0.25, 0.3) is 0 Å². The first kappa shape index (κ1) is 17.6. The number of urea groups is 1. The van der Waals surface area contributed by atoms with Gasteiger partial charge in [0.1, 0.15) is 28.9 Å². The predicted octanol–water partition coefficient (Wildman–Crippen LogP) is 2.51. The van der Waals surface area contributed by atoms with Gasteiger partial charge in [0.2, 0.25) is 0 Å². The summed E-state index contributed by atoms with van der Waals surface area (Å²) in [5.74, 6) is 1.75. The fourth-order valence-corrected chi connectivity index (χ4v) is 2.90. The first-order valence-corrected chi connectivity index (χ1v) is 8.17. The molecule has 8 heteroatoms. The van der Waals surface area contributed by atoms with Gasteiger partial charge in [-0.3, -0.25) is 10.00 Å². The predicted molar refractivity (Wildman–Crippen MR) is 95.1 cm³/mol. The second-order valence-corrected chi connectivity index (χ2v) is 6.77. The molecule has 0 saturated heterocycles. The highest BCUT2D eigenvalue weighted by Crippen LogP contribution is 2.32. The van der Waals surface area contributed by atoms with Crippen molar-refractivity contribution in [3.05, 3.63) is 35.5 Å². The first-order valence-electron chi connectivity index (χ1n) is 8.17. The lowest BCUT2D eigenvalue weighted by Gasteiger charge is -2.29. The zero-order valence-corrected chi connectivity index (χ0v) is 15.2. The molecule has 0 fully saturated rings. The fraction of sp³-hybridized carbons (Fsp3) is 0.389. The van der Waals surface area contributed by atoms with Crippen molar-refractivity contribution in [1.29, 1.82) is 5.26 Å². The number of nitrogens with one attached hydrogen (secondary N) is 1. The third-order valence-electron chi connectivity index (χ3n) is 4.11. The molecule has 136 valence electrons. The summed E-state index contributed by atoms with van der Waals surface area (Å²) in [4.78, 5) is 14.4. The van der Waals surface area contributed by atoms with Gasteiger partial charge in [0.05, 0.1) is 20.2 Å². The Morgan fingerprint density at radius 3 is 2.85 bits per heavy atom. The molecule has 2 heterocycles. The van der Waals surface area contributed by atoms with E-state index in [4.69, 9.17) is 14.7 Å². The maximum absolute atomic E-state index is 12.8. The van der Waals surface area contributed by atoms with Gasteiger partial charge < -0.3 is 14.4 Å². The van der Waals surface area contributed by atoms with Gasteiger partial charge in [0.15, 0.2) is 5.82 Å². The van der Waals surface area contributed by atoms with Crippen LogP contribution in [-0.4, -0.2) is 40.0 Å². The second kappa shape index (κ2) is 6.59. The van der Waals surface area contributed by atoms with Gasteiger partial charge in [0, 0.05) is 24.7 Å². The molecule has 3 rings (SSSR count). The van der Waals surface area contributed by atoms with Crippen LogP contribution in [0.15, 0.2) is 24.3 Å². The Labute approximate surface area is 151 Å². The highest BCUT2D eigenvalue weighted by molar-refractivity contribution is 5.88. The smallest absolute Gasteiger partial charge is 0.323 e. The summed E-state index contributed by atoms with van der Waals surface area (Å²) in [5.41, 5.74) is 0.694. The van der Waals surface area contributed by atoms with E-state index in [9.17, 15) is 4.79 Å². The number of methoxy groups -OCH3 is 1. The molecular formula is C18H21N5O3. The quantitative estimate of drug-likeness (QED) is 0.893. The molecule has 2 aromatic rings. The van der Waals surface area contributed by atoms with E-state index in [1.54, 1.807) is 19.1 Å². The average Bonchev–Trinajstić information content (AvgIpc) is 2.86. The molecule has 1 aliphatic heterocycles. The molecule has 0 bridgehead atoms. The van der Waals surface area contributed by atoms with Crippen LogP contribution in [0.1, 0.15) is 25.1 Å². The third-order valence-corrected chi connectivity index (χ3v) is 4.11. The number of hydrogen-bond donors (Lipinski definition) is 1. The third kappa shape index (κ3) is 3.57. The molecule has 0 spiro atoms. The van der Waals surface area contributed by atoms with Crippen LogP contribution >= 0.6 is 0 Å². The number of carbonyl (C=O) groups is 1. The van der Waals surface area contributed by atoms with Crippen molar-refractivity contribution in [1.82, 2.24) is 14.7 Å². The number of aromatic nitrogens is 2. The maximum Gasteiger partial charge on any atom is 0.323 e. The first-order chi connectivity index (χ1) is 12.3. The summed E-state index contributed by atoms with van der Waals surface area (Å²) in [7, 11) is 3.26. The lowest BCUT2D eigenvalue weighted by atomic mass is 10.1. The number of amides is 2. The molecule has 1 aromatic carbocycles. The minimum atomic E-state index is -0.573. The Morgan fingerprint density at radius 2 is 2.19 bits per heavy atom. The van der Waals surface area contributed by atoms with Crippen LogP contribution in [0, 0.1) is 11.3 Å². The number of anilines is 1. The fourth-order valence-electron chi connectivity index (χ4n) is 2.90. The zero-order valence-electron chi connectivity index (χ0n) is 15.2. The summed E-state index contributed by atoms with van der Waals surface area (Å²) in [6.07, 6.45) is 0. The summed E-state index contributed by atoms with van der Waals surface area (Å²) in [5, 5.41) is 15.9. The monoisotopic (exact) mass is 355 g/mol. The van der Waals surface area contributed by atoms with Crippen molar-refractivity contribution in [3.63, 3.8) is 0 Å². The van der Waals surface area contributed by atoms with Crippen LogP contribution in [0.5, 0.6) is 11.5 Å². The van der Waals surface area contributed by atoms with E-state index in [0.717, 1.165) is 5.56 Å².